The number of anilines is 1. The van der Waals surface area contributed by atoms with Crippen LogP contribution in [-0.4, -0.2) is 46.4 Å². The van der Waals surface area contributed by atoms with E-state index in [2.05, 4.69) is 15.6 Å². The van der Waals surface area contributed by atoms with E-state index >= 15 is 0 Å². The number of methoxy groups -OCH3 is 3. The summed E-state index contributed by atoms with van der Waals surface area (Å²) in [5.41, 5.74) is 2.02. The van der Waals surface area contributed by atoms with Gasteiger partial charge in [0.15, 0.2) is 17.5 Å². The van der Waals surface area contributed by atoms with E-state index in [-0.39, 0.29) is 0 Å². The van der Waals surface area contributed by atoms with Crippen molar-refractivity contribution in [2.45, 2.75) is 20.4 Å². The zero-order valence-electron chi connectivity index (χ0n) is 18.1. The van der Waals surface area contributed by atoms with Gasteiger partial charge in [-0.3, -0.25) is 0 Å². The van der Waals surface area contributed by atoms with Crippen LogP contribution in [0.4, 0.5) is 5.69 Å². The average molecular weight is 415 g/mol. The standard InChI is InChI=1S/C22H29N3O5/c1-6-23-22(25-16-9-11-19(28-4)20(13-16)30-7-2)24-14-15-8-10-18(27-3)17(12-15)21(26)29-5/h8-13H,6-7,14H2,1-5H3,(H2,23,24,25). The number of guanidine groups is 1. The van der Waals surface area contributed by atoms with E-state index in [4.69, 9.17) is 18.9 Å². The first-order chi connectivity index (χ1) is 14.6. The summed E-state index contributed by atoms with van der Waals surface area (Å²) < 4.78 is 21.0. The maximum absolute atomic E-state index is 12.0. The van der Waals surface area contributed by atoms with Gasteiger partial charge in [0.2, 0.25) is 0 Å². The SMILES string of the molecule is CCNC(=NCc1ccc(OC)c(C(=O)OC)c1)Nc1ccc(OC)c(OCC)c1. The van der Waals surface area contributed by atoms with Crippen LogP contribution in [0.1, 0.15) is 29.8 Å². The third kappa shape index (κ3) is 6.04. The first-order valence-corrected chi connectivity index (χ1v) is 9.67. The fraction of sp³-hybridized carbons (Fsp3) is 0.364. The maximum Gasteiger partial charge on any atom is 0.341 e. The molecule has 0 saturated carbocycles. The summed E-state index contributed by atoms with van der Waals surface area (Å²) in [7, 11) is 4.46. The summed E-state index contributed by atoms with van der Waals surface area (Å²) in [5.74, 6) is 1.92. The Morgan fingerprint density at radius 2 is 1.70 bits per heavy atom. The molecular weight excluding hydrogens is 386 g/mol. The Morgan fingerprint density at radius 3 is 2.33 bits per heavy atom. The van der Waals surface area contributed by atoms with Crippen LogP contribution in [0.15, 0.2) is 41.4 Å². The van der Waals surface area contributed by atoms with Crippen molar-refractivity contribution in [3.63, 3.8) is 0 Å². The molecule has 0 spiro atoms. The molecule has 0 aromatic heterocycles. The number of aliphatic imine (C=N–C) groups is 1. The molecule has 162 valence electrons. The van der Waals surface area contributed by atoms with Crippen LogP contribution in [-0.2, 0) is 11.3 Å². The van der Waals surface area contributed by atoms with Gasteiger partial charge in [0, 0.05) is 18.3 Å². The van der Waals surface area contributed by atoms with Gasteiger partial charge in [-0.1, -0.05) is 6.07 Å². The number of benzene rings is 2. The van der Waals surface area contributed by atoms with Crippen molar-refractivity contribution in [2.24, 2.45) is 4.99 Å². The Labute approximate surface area is 177 Å². The summed E-state index contributed by atoms with van der Waals surface area (Å²) in [6, 6.07) is 10.9. The van der Waals surface area contributed by atoms with Crippen molar-refractivity contribution in [1.29, 1.82) is 0 Å². The monoisotopic (exact) mass is 415 g/mol. The molecule has 0 atom stereocenters. The minimum atomic E-state index is -0.454. The molecular formula is C22H29N3O5. The van der Waals surface area contributed by atoms with Gasteiger partial charge in [-0.2, -0.15) is 0 Å². The summed E-state index contributed by atoms with van der Waals surface area (Å²) in [6.45, 7) is 5.49. The predicted molar refractivity (Wildman–Crippen MR) is 117 cm³/mol. The van der Waals surface area contributed by atoms with Crippen molar-refractivity contribution < 1.29 is 23.7 Å². The molecule has 8 heteroatoms. The van der Waals surface area contributed by atoms with Crippen LogP contribution in [0.25, 0.3) is 0 Å². The average Bonchev–Trinajstić information content (AvgIpc) is 2.77. The van der Waals surface area contributed by atoms with Crippen molar-refractivity contribution in [1.82, 2.24) is 5.32 Å². The van der Waals surface area contributed by atoms with Crippen LogP contribution in [0.5, 0.6) is 17.2 Å². The lowest BCUT2D eigenvalue weighted by Crippen LogP contribution is -2.30. The first kappa shape index (κ1) is 22.9. The molecule has 0 heterocycles. The minimum Gasteiger partial charge on any atom is -0.496 e. The summed E-state index contributed by atoms with van der Waals surface area (Å²) >= 11 is 0. The lowest BCUT2D eigenvalue weighted by molar-refractivity contribution is 0.0597. The molecule has 8 nitrogen and oxygen atoms in total. The van der Waals surface area contributed by atoms with Crippen molar-refractivity contribution in [2.75, 3.05) is 39.8 Å². The topological polar surface area (TPSA) is 90.4 Å². The number of carbonyl (C=O) groups excluding carboxylic acids is 1. The second kappa shape index (κ2) is 11.5. The van der Waals surface area contributed by atoms with E-state index < -0.39 is 5.97 Å². The molecule has 0 radical (unpaired) electrons. The Balaban J connectivity index is 2.22. The summed E-state index contributed by atoms with van der Waals surface area (Å²) in [5, 5.41) is 6.46. The molecule has 2 aromatic rings. The summed E-state index contributed by atoms with van der Waals surface area (Å²) in [6.07, 6.45) is 0. The number of rotatable bonds is 9. The predicted octanol–water partition coefficient (Wildman–Crippen LogP) is 3.47. The van der Waals surface area contributed by atoms with Crippen molar-refractivity contribution in [3.8, 4) is 17.2 Å². The minimum absolute atomic E-state index is 0.359. The van der Waals surface area contributed by atoms with Gasteiger partial charge in [0.25, 0.3) is 0 Å². The number of nitrogens with one attached hydrogen (secondary N) is 2. The van der Waals surface area contributed by atoms with E-state index in [0.29, 0.717) is 48.5 Å². The van der Waals surface area contributed by atoms with Gasteiger partial charge in [-0.05, 0) is 43.7 Å². The molecule has 0 aliphatic heterocycles. The molecule has 0 amide bonds. The number of hydrogen-bond donors (Lipinski definition) is 2. The maximum atomic E-state index is 12.0. The Hall–Kier alpha value is -3.42. The largest absolute Gasteiger partial charge is 0.496 e. The van der Waals surface area contributed by atoms with Gasteiger partial charge in [0.1, 0.15) is 11.3 Å². The lowest BCUT2D eigenvalue weighted by Gasteiger charge is -2.14. The van der Waals surface area contributed by atoms with E-state index in [9.17, 15) is 4.79 Å². The molecule has 0 aliphatic carbocycles. The Bertz CT molecular complexity index is 883. The highest BCUT2D eigenvalue weighted by Crippen LogP contribution is 2.30. The van der Waals surface area contributed by atoms with Gasteiger partial charge >= 0.3 is 5.97 Å². The van der Waals surface area contributed by atoms with Crippen LogP contribution in [0.3, 0.4) is 0 Å². The normalized spacial score (nSPS) is 10.9. The van der Waals surface area contributed by atoms with Crippen LogP contribution >= 0.6 is 0 Å². The second-order valence-electron chi connectivity index (χ2n) is 6.15. The smallest absolute Gasteiger partial charge is 0.341 e. The second-order valence-corrected chi connectivity index (χ2v) is 6.15. The Kier molecular flexibility index (Phi) is 8.80. The highest BCUT2D eigenvalue weighted by atomic mass is 16.5. The molecule has 2 aromatic carbocycles. The molecule has 0 saturated heterocycles. The number of nitrogens with zero attached hydrogens (tertiary/aromatic N) is 1. The first-order valence-electron chi connectivity index (χ1n) is 9.67. The Morgan fingerprint density at radius 1 is 0.967 bits per heavy atom. The lowest BCUT2D eigenvalue weighted by atomic mass is 10.1. The van der Waals surface area contributed by atoms with E-state index in [1.807, 2.05) is 38.1 Å². The van der Waals surface area contributed by atoms with Gasteiger partial charge in [-0.25, -0.2) is 9.79 Å². The zero-order valence-corrected chi connectivity index (χ0v) is 18.1. The highest BCUT2D eigenvalue weighted by molar-refractivity contribution is 5.94. The molecule has 2 N–H and O–H groups in total. The number of esters is 1. The highest BCUT2D eigenvalue weighted by Gasteiger charge is 2.13. The van der Waals surface area contributed by atoms with E-state index in [1.54, 1.807) is 19.2 Å². The van der Waals surface area contributed by atoms with Crippen molar-refractivity contribution >= 4 is 17.6 Å². The molecule has 30 heavy (non-hydrogen) atoms. The van der Waals surface area contributed by atoms with Crippen LogP contribution in [0, 0.1) is 0 Å². The fourth-order valence-electron chi connectivity index (χ4n) is 2.76. The van der Waals surface area contributed by atoms with Gasteiger partial charge in [-0.15, -0.1) is 0 Å². The van der Waals surface area contributed by atoms with Crippen LogP contribution in [0.2, 0.25) is 0 Å². The third-order valence-electron chi connectivity index (χ3n) is 4.16. The van der Waals surface area contributed by atoms with Crippen LogP contribution < -0.4 is 24.8 Å². The molecule has 0 bridgehead atoms. The zero-order chi connectivity index (χ0) is 21.9. The van der Waals surface area contributed by atoms with E-state index in [0.717, 1.165) is 11.3 Å². The third-order valence-corrected chi connectivity index (χ3v) is 4.16. The molecule has 2 rings (SSSR count). The molecule has 0 fully saturated rings. The number of carbonyl (C=O) groups is 1. The number of hydrogen-bond acceptors (Lipinski definition) is 6. The number of ether oxygens (including phenoxy) is 4. The van der Waals surface area contributed by atoms with E-state index in [1.165, 1.54) is 14.2 Å². The van der Waals surface area contributed by atoms with Gasteiger partial charge < -0.3 is 29.6 Å². The fourth-order valence-corrected chi connectivity index (χ4v) is 2.76. The molecule has 0 aliphatic rings. The summed E-state index contributed by atoms with van der Waals surface area (Å²) in [4.78, 5) is 16.6. The van der Waals surface area contributed by atoms with Crippen molar-refractivity contribution in [3.05, 3.63) is 47.5 Å². The quantitative estimate of drug-likeness (QED) is 0.368. The molecule has 0 unspecified atom stereocenters. The van der Waals surface area contributed by atoms with Gasteiger partial charge in [0.05, 0.1) is 34.5 Å².